The fourth-order valence-electron chi connectivity index (χ4n) is 3.30. The molecule has 128 valence electrons. The third-order valence-electron chi connectivity index (χ3n) is 4.64. The van der Waals surface area contributed by atoms with E-state index in [0.29, 0.717) is 36.2 Å². The first-order valence-corrected chi connectivity index (χ1v) is 10.6. The van der Waals surface area contributed by atoms with Crippen molar-refractivity contribution in [2.45, 2.75) is 55.8 Å². The van der Waals surface area contributed by atoms with Crippen molar-refractivity contribution in [2.75, 3.05) is 13.1 Å². The van der Waals surface area contributed by atoms with Gasteiger partial charge in [0.05, 0.1) is 0 Å². The molecule has 3 rings (SSSR count). The molecular formula is C16H24N2O3S2. The van der Waals surface area contributed by atoms with Crippen LogP contribution in [0.3, 0.4) is 0 Å². The number of amides is 1. The van der Waals surface area contributed by atoms with Gasteiger partial charge in [0.1, 0.15) is 4.21 Å². The number of thiophene rings is 1. The van der Waals surface area contributed by atoms with Gasteiger partial charge in [-0.3, -0.25) is 4.79 Å². The highest BCUT2D eigenvalue weighted by atomic mass is 32.2. The SMILES string of the molecule is CC(C)N(C(=O)C1CCN(S(=O)(=O)c2cccs2)CC1)C1CC1. The van der Waals surface area contributed by atoms with Crippen LogP contribution >= 0.6 is 11.3 Å². The summed E-state index contributed by atoms with van der Waals surface area (Å²) >= 11 is 1.25. The molecule has 0 atom stereocenters. The van der Waals surface area contributed by atoms with Crippen LogP contribution in [0.4, 0.5) is 0 Å². The molecule has 23 heavy (non-hydrogen) atoms. The van der Waals surface area contributed by atoms with Gasteiger partial charge in [0.25, 0.3) is 10.0 Å². The number of rotatable bonds is 5. The van der Waals surface area contributed by atoms with E-state index in [1.807, 2.05) is 4.90 Å². The summed E-state index contributed by atoms with van der Waals surface area (Å²) in [7, 11) is -3.38. The van der Waals surface area contributed by atoms with Crippen LogP contribution in [0.1, 0.15) is 39.5 Å². The first-order chi connectivity index (χ1) is 10.9. The van der Waals surface area contributed by atoms with Gasteiger partial charge in [-0.25, -0.2) is 8.42 Å². The van der Waals surface area contributed by atoms with E-state index in [0.717, 1.165) is 12.8 Å². The van der Waals surface area contributed by atoms with E-state index in [1.165, 1.54) is 15.6 Å². The smallest absolute Gasteiger partial charge is 0.252 e. The van der Waals surface area contributed by atoms with E-state index in [9.17, 15) is 13.2 Å². The number of hydrogen-bond acceptors (Lipinski definition) is 4. The number of nitrogens with zero attached hydrogens (tertiary/aromatic N) is 2. The molecule has 7 heteroatoms. The molecule has 1 saturated carbocycles. The van der Waals surface area contributed by atoms with Gasteiger partial charge in [0.2, 0.25) is 5.91 Å². The molecule has 2 aliphatic rings. The maximum absolute atomic E-state index is 12.8. The second-order valence-electron chi connectivity index (χ2n) is 6.68. The first-order valence-electron chi connectivity index (χ1n) is 8.27. The Kier molecular flexibility index (Phi) is 4.80. The van der Waals surface area contributed by atoms with E-state index in [1.54, 1.807) is 17.5 Å². The Morgan fingerprint density at radius 3 is 2.39 bits per heavy atom. The van der Waals surface area contributed by atoms with Crippen molar-refractivity contribution >= 4 is 27.3 Å². The molecule has 1 aliphatic carbocycles. The van der Waals surface area contributed by atoms with Gasteiger partial charge in [0, 0.05) is 31.1 Å². The van der Waals surface area contributed by atoms with E-state index in [-0.39, 0.29) is 17.9 Å². The van der Waals surface area contributed by atoms with Crippen LogP contribution in [-0.2, 0) is 14.8 Å². The van der Waals surface area contributed by atoms with Gasteiger partial charge in [-0.05, 0) is 51.0 Å². The molecular weight excluding hydrogens is 332 g/mol. The lowest BCUT2D eigenvalue weighted by atomic mass is 9.96. The lowest BCUT2D eigenvalue weighted by Crippen LogP contribution is -2.47. The summed E-state index contributed by atoms with van der Waals surface area (Å²) in [5.74, 6) is 0.184. The maximum atomic E-state index is 12.8. The van der Waals surface area contributed by atoms with Crippen molar-refractivity contribution in [2.24, 2.45) is 5.92 Å². The first kappa shape index (κ1) is 16.9. The van der Waals surface area contributed by atoms with Crippen LogP contribution in [0.15, 0.2) is 21.7 Å². The Bertz CT molecular complexity index is 641. The average molecular weight is 357 g/mol. The van der Waals surface area contributed by atoms with Crippen molar-refractivity contribution in [1.82, 2.24) is 9.21 Å². The van der Waals surface area contributed by atoms with Crippen LogP contribution in [0.25, 0.3) is 0 Å². The normalized spacial score (nSPS) is 20.8. The van der Waals surface area contributed by atoms with E-state index >= 15 is 0 Å². The summed E-state index contributed by atoms with van der Waals surface area (Å²) in [6.07, 6.45) is 3.46. The van der Waals surface area contributed by atoms with Crippen LogP contribution in [0.2, 0.25) is 0 Å². The van der Waals surface area contributed by atoms with Crippen molar-refractivity contribution < 1.29 is 13.2 Å². The molecule has 1 saturated heterocycles. The Balaban J connectivity index is 1.63. The van der Waals surface area contributed by atoms with E-state index in [2.05, 4.69) is 13.8 Å². The van der Waals surface area contributed by atoms with Gasteiger partial charge in [-0.1, -0.05) is 6.07 Å². The third kappa shape index (κ3) is 3.46. The second-order valence-corrected chi connectivity index (χ2v) is 9.79. The van der Waals surface area contributed by atoms with Gasteiger partial charge in [-0.2, -0.15) is 4.31 Å². The van der Waals surface area contributed by atoms with Crippen molar-refractivity contribution in [3.63, 3.8) is 0 Å². The fourth-order valence-corrected chi connectivity index (χ4v) is 5.91. The molecule has 0 spiro atoms. The molecule has 2 heterocycles. The summed E-state index contributed by atoms with van der Waals surface area (Å²) in [5, 5.41) is 1.78. The van der Waals surface area contributed by atoms with Gasteiger partial charge < -0.3 is 4.90 Å². The summed E-state index contributed by atoms with van der Waals surface area (Å²) in [5.41, 5.74) is 0. The Morgan fingerprint density at radius 1 is 1.26 bits per heavy atom. The zero-order valence-corrected chi connectivity index (χ0v) is 15.3. The molecule has 1 aromatic rings. The van der Waals surface area contributed by atoms with E-state index in [4.69, 9.17) is 0 Å². The molecule has 0 unspecified atom stereocenters. The standard InChI is InChI=1S/C16H24N2O3S2/c1-12(2)18(14-5-6-14)16(19)13-7-9-17(10-8-13)23(20,21)15-4-3-11-22-15/h3-4,11-14H,5-10H2,1-2H3. The minimum Gasteiger partial charge on any atom is -0.337 e. The largest absolute Gasteiger partial charge is 0.337 e. The van der Waals surface area contributed by atoms with Gasteiger partial charge in [-0.15, -0.1) is 11.3 Å². The molecule has 0 bridgehead atoms. The Morgan fingerprint density at radius 2 is 1.91 bits per heavy atom. The summed E-state index contributed by atoms with van der Waals surface area (Å²) in [6, 6.07) is 4.03. The van der Waals surface area contributed by atoms with Crippen LogP contribution in [-0.4, -0.2) is 48.7 Å². The minimum absolute atomic E-state index is 0.0345. The van der Waals surface area contributed by atoms with Crippen LogP contribution in [0, 0.1) is 5.92 Å². The molecule has 5 nitrogen and oxygen atoms in total. The predicted octanol–water partition coefficient (Wildman–Crippen LogP) is 2.55. The number of carbonyl (C=O) groups excluding carboxylic acids is 1. The third-order valence-corrected chi connectivity index (χ3v) is 7.92. The number of carbonyl (C=O) groups is 1. The van der Waals surface area contributed by atoms with Crippen LogP contribution < -0.4 is 0 Å². The van der Waals surface area contributed by atoms with Gasteiger partial charge >= 0.3 is 0 Å². The van der Waals surface area contributed by atoms with Gasteiger partial charge in [0.15, 0.2) is 0 Å². The summed E-state index contributed by atoms with van der Waals surface area (Å²) < 4.78 is 27.0. The predicted molar refractivity (Wildman–Crippen MR) is 90.8 cm³/mol. The maximum Gasteiger partial charge on any atom is 0.252 e. The molecule has 1 aliphatic heterocycles. The van der Waals surface area contributed by atoms with Crippen molar-refractivity contribution in [3.05, 3.63) is 17.5 Å². The highest BCUT2D eigenvalue weighted by Gasteiger charge is 2.39. The minimum atomic E-state index is -3.38. The molecule has 2 fully saturated rings. The quantitative estimate of drug-likeness (QED) is 0.815. The highest BCUT2D eigenvalue weighted by Crippen LogP contribution is 2.33. The second kappa shape index (κ2) is 6.53. The molecule has 0 aromatic carbocycles. The summed E-state index contributed by atoms with van der Waals surface area (Å²) in [6.45, 7) is 5.00. The monoisotopic (exact) mass is 356 g/mol. The average Bonchev–Trinajstić information content (AvgIpc) is 3.17. The topological polar surface area (TPSA) is 57.7 Å². The van der Waals surface area contributed by atoms with Crippen LogP contribution in [0.5, 0.6) is 0 Å². The number of piperidine rings is 1. The summed E-state index contributed by atoms with van der Waals surface area (Å²) in [4.78, 5) is 14.8. The Labute approximate surface area is 142 Å². The van der Waals surface area contributed by atoms with Crippen molar-refractivity contribution in [3.8, 4) is 0 Å². The zero-order valence-electron chi connectivity index (χ0n) is 13.6. The molecule has 0 N–H and O–H groups in total. The number of hydrogen-bond donors (Lipinski definition) is 0. The van der Waals surface area contributed by atoms with Crippen molar-refractivity contribution in [1.29, 1.82) is 0 Å². The molecule has 1 aromatic heterocycles. The Hall–Kier alpha value is -0.920. The molecule has 0 radical (unpaired) electrons. The highest BCUT2D eigenvalue weighted by molar-refractivity contribution is 7.91. The molecule has 1 amide bonds. The fraction of sp³-hybridized carbons (Fsp3) is 0.688. The number of sulfonamides is 1. The van der Waals surface area contributed by atoms with E-state index < -0.39 is 10.0 Å². The lowest BCUT2D eigenvalue weighted by Gasteiger charge is -2.35. The zero-order chi connectivity index (χ0) is 16.6. The lowest BCUT2D eigenvalue weighted by molar-refractivity contribution is -0.139.